The summed E-state index contributed by atoms with van der Waals surface area (Å²) in [5, 5.41) is 0. The lowest BCUT2D eigenvalue weighted by Gasteiger charge is -2.27. The minimum absolute atomic E-state index is 0.0131. The van der Waals surface area contributed by atoms with Gasteiger partial charge in [0.15, 0.2) is 0 Å². The van der Waals surface area contributed by atoms with Crippen molar-refractivity contribution in [2.24, 2.45) is 0 Å². The smallest absolute Gasteiger partial charge is 0.243 e. The van der Waals surface area contributed by atoms with Crippen LogP contribution in [0.2, 0.25) is 0 Å². The number of rotatable bonds is 5. The number of sulfonamides is 1. The Labute approximate surface area is 110 Å². The lowest BCUT2D eigenvalue weighted by Crippen LogP contribution is -2.38. The zero-order valence-corrected chi connectivity index (χ0v) is 12.3. The Bertz CT molecular complexity index is 512. The van der Waals surface area contributed by atoms with E-state index < -0.39 is 10.0 Å². The van der Waals surface area contributed by atoms with E-state index in [1.807, 2.05) is 20.8 Å². The van der Waals surface area contributed by atoms with Crippen molar-refractivity contribution >= 4 is 15.7 Å². The molecule has 0 saturated carbocycles. The second-order valence-corrected chi connectivity index (χ2v) is 6.29. The minimum Gasteiger partial charge on any atom is -0.398 e. The summed E-state index contributed by atoms with van der Waals surface area (Å²) < 4.78 is 26.7. The Morgan fingerprint density at radius 3 is 2.44 bits per heavy atom. The van der Waals surface area contributed by atoms with Gasteiger partial charge in [0.05, 0.1) is 4.90 Å². The first-order chi connectivity index (χ1) is 8.36. The molecule has 0 aliphatic carbocycles. The summed E-state index contributed by atoms with van der Waals surface area (Å²) >= 11 is 0. The number of hydrogen-bond acceptors (Lipinski definition) is 3. The van der Waals surface area contributed by atoms with Crippen LogP contribution in [0.3, 0.4) is 0 Å². The summed E-state index contributed by atoms with van der Waals surface area (Å²) in [6.07, 6.45) is 0.786. The van der Waals surface area contributed by atoms with Crippen molar-refractivity contribution in [3.8, 4) is 0 Å². The molecule has 0 aliphatic heterocycles. The standard InChI is InChI=1S/C13H22N2O2S/c1-5-10(3)15(6-2)18(16,17)13-9-7-8-12(14)11(13)4/h7-10H,5-6,14H2,1-4H3. The third kappa shape index (κ3) is 2.67. The molecule has 0 fully saturated rings. The molecule has 1 atom stereocenters. The molecule has 0 spiro atoms. The number of hydrogen-bond donors (Lipinski definition) is 1. The molecular formula is C13H22N2O2S. The minimum atomic E-state index is -3.46. The van der Waals surface area contributed by atoms with Gasteiger partial charge in [-0.2, -0.15) is 4.31 Å². The molecule has 0 bridgehead atoms. The Balaban J connectivity index is 3.32. The molecule has 0 radical (unpaired) electrons. The SMILES string of the molecule is CCC(C)N(CC)S(=O)(=O)c1cccc(N)c1C. The molecule has 1 aromatic carbocycles. The van der Waals surface area contributed by atoms with Gasteiger partial charge in [-0.15, -0.1) is 0 Å². The average Bonchev–Trinajstić information content (AvgIpc) is 2.32. The molecular weight excluding hydrogens is 248 g/mol. The first kappa shape index (κ1) is 15.0. The summed E-state index contributed by atoms with van der Waals surface area (Å²) in [4.78, 5) is 0.310. The van der Waals surface area contributed by atoms with Crippen LogP contribution in [0.15, 0.2) is 23.1 Å². The maximum Gasteiger partial charge on any atom is 0.243 e. The fraction of sp³-hybridized carbons (Fsp3) is 0.538. The van der Waals surface area contributed by atoms with Gasteiger partial charge in [0, 0.05) is 18.3 Å². The molecule has 0 heterocycles. The third-order valence-corrected chi connectivity index (χ3v) is 5.54. The zero-order chi connectivity index (χ0) is 13.9. The van der Waals surface area contributed by atoms with Gasteiger partial charge in [0.1, 0.15) is 0 Å². The first-order valence-corrected chi connectivity index (χ1v) is 7.67. The lowest BCUT2D eigenvalue weighted by molar-refractivity contribution is 0.342. The van der Waals surface area contributed by atoms with Crippen LogP contribution in [0.5, 0.6) is 0 Å². The second kappa shape index (κ2) is 5.71. The van der Waals surface area contributed by atoms with Gasteiger partial charge in [-0.1, -0.05) is 19.9 Å². The van der Waals surface area contributed by atoms with E-state index in [4.69, 9.17) is 5.73 Å². The predicted molar refractivity (Wildman–Crippen MR) is 74.9 cm³/mol. The van der Waals surface area contributed by atoms with Crippen molar-refractivity contribution in [1.29, 1.82) is 0 Å². The van der Waals surface area contributed by atoms with Crippen molar-refractivity contribution in [3.63, 3.8) is 0 Å². The molecule has 102 valence electrons. The van der Waals surface area contributed by atoms with E-state index in [9.17, 15) is 8.42 Å². The van der Waals surface area contributed by atoms with Gasteiger partial charge in [-0.3, -0.25) is 0 Å². The Hall–Kier alpha value is -1.07. The highest BCUT2D eigenvalue weighted by molar-refractivity contribution is 7.89. The maximum atomic E-state index is 12.6. The van der Waals surface area contributed by atoms with Gasteiger partial charge in [-0.25, -0.2) is 8.42 Å². The van der Waals surface area contributed by atoms with Gasteiger partial charge < -0.3 is 5.73 Å². The highest BCUT2D eigenvalue weighted by atomic mass is 32.2. The van der Waals surface area contributed by atoms with Crippen LogP contribution in [0.25, 0.3) is 0 Å². The van der Waals surface area contributed by atoms with Crippen LogP contribution in [-0.2, 0) is 10.0 Å². The van der Waals surface area contributed by atoms with Gasteiger partial charge in [-0.05, 0) is 38.0 Å². The molecule has 2 N–H and O–H groups in total. The Kier molecular flexibility index (Phi) is 4.76. The topological polar surface area (TPSA) is 63.4 Å². The largest absolute Gasteiger partial charge is 0.398 e. The number of nitrogens with two attached hydrogens (primary N) is 1. The van der Waals surface area contributed by atoms with Crippen LogP contribution in [0.4, 0.5) is 5.69 Å². The number of nitrogens with zero attached hydrogens (tertiary/aromatic N) is 1. The van der Waals surface area contributed by atoms with Crippen LogP contribution in [0.1, 0.15) is 32.8 Å². The maximum absolute atomic E-state index is 12.6. The molecule has 4 nitrogen and oxygen atoms in total. The fourth-order valence-corrected chi connectivity index (χ4v) is 3.93. The molecule has 0 aromatic heterocycles. The molecule has 1 unspecified atom stereocenters. The van der Waals surface area contributed by atoms with Gasteiger partial charge >= 0.3 is 0 Å². The van der Waals surface area contributed by atoms with E-state index in [0.29, 0.717) is 22.7 Å². The summed E-state index contributed by atoms with van der Waals surface area (Å²) in [6, 6.07) is 5.00. The van der Waals surface area contributed by atoms with Crippen LogP contribution >= 0.6 is 0 Å². The molecule has 5 heteroatoms. The van der Waals surface area contributed by atoms with E-state index in [0.717, 1.165) is 6.42 Å². The van der Waals surface area contributed by atoms with Gasteiger partial charge in [0.25, 0.3) is 0 Å². The number of anilines is 1. The Morgan fingerprint density at radius 1 is 1.33 bits per heavy atom. The summed E-state index contributed by atoms with van der Waals surface area (Å²) in [5.74, 6) is 0. The second-order valence-electron chi connectivity index (χ2n) is 4.44. The van der Waals surface area contributed by atoms with E-state index in [1.165, 1.54) is 4.31 Å². The fourth-order valence-electron chi connectivity index (χ4n) is 1.96. The zero-order valence-electron chi connectivity index (χ0n) is 11.5. The lowest BCUT2D eigenvalue weighted by atomic mass is 10.2. The summed E-state index contributed by atoms with van der Waals surface area (Å²) in [5.41, 5.74) is 6.92. The van der Waals surface area contributed by atoms with Gasteiger partial charge in [0.2, 0.25) is 10.0 Å². The van der Waals surface area contributed by atoms with Crippen LogP contribution in [-0.4, -0.2) is 25.3 Å². The quantitative estimate of drug-likeness (QED) is 0.836. The van der Waals surface area contributed by atoms with Crippen molar-refractivity contribution in [2.75, 3.05) is 12.3 Å². The molecule has 18 heavy (non-hydrogen) atoms. The van der Waals surface area contributed by atoms with E-state index in [-0.39, 0.29) is 6.04 Å². The summed E-state index contributed by atoms with van der Waals surface area (Å²) in [7, 11) is -3.46. The first-order valence-electron chi connectivity index (χ1n) is 6.23. The highest BCUT2D eigenvalue weighted by Gasteiger charge is 2.28. The van der Waals surface area contributed by atoms with Crippen molar-refractivity contribution in [3.05, 3.63) is 23.8 Å². The van der Waals surface area contributed by atoms with Crippen molar-refractivity contribution in [1.82, 2.24) is 4.31 Å². The molecule has 1 rings (SSSR count). The van der Waals surface area contributed by atoms with Crippen molar-refractivity contribution in [2.45, 2.75) is 45.1 Å². The van der Waals surface area contributed by atoms with Crippen LogP contribution < -0.4 is 5.73 Å². The van der Waals surface area contributed by atoms with E-state index in [1.54, 1.807) is 25.1 Å². The van der Waals surface area contributed by atoms with E-state index >= 15 is 0 Å². The number of benzene rings is 1. The Morgan fingerprint density at radius 2 is 1.94 bits per heavy atom. The number of nitrogen functional groups attached to an aromatic ring is 1. The average molecular weight is 270 g/mol. The highest BCUT2D eigenvalue weighted by Crippen LogP contribution is 2.25. The van der Waals surface area contributed by atoms with Crippen LogP contribution in [0, 0.1) is 6.92 Å². The molecule has 0 aliphatic rings. The van der Waals surface area contributed by atoms with Crippen molar-refractivity contribution < 1.29 is 8.42 Å². The molecule has 0 saturated heterocycles. The normalized spacial score (nSPS) is 13.8. The monoisotopic (exact) mass is 270 g/mol. The summed E-state index contributed by atoms with van der Waals surface area (Å²) in [6.45, 7) is 7.96. The van der Waals surface area contributed by atoms with E-state index in [2.05, 4.69) is 0 Å². The predicted octanol–water partition coefficient (Wildman–Crippen LogP) is 2.39. The molecule has 1 aromatic rings. The third-order valence-electron chi connectivity index (χ3n) is 3.31. The molecule has 0 amide bonds.